The van der Waals surface area contributed by atoms with Crippen molar-refractivity contribution in [3.8, 4) is 29.4 Å². The second-order valence-corrected chi connectivity index (χ2v) is 7.02. The summed E-state index contributed by atoms with van der Waals surface area (Å²) >= 11 is 0. The molecule has 0 atom stereocenters. The van der Waals surface area contributed by atoms with E-state index in [1.54, 1.807) is 0 Å². The third-order valence-electron chi connectivity index (χ3n) is 4.45. The molecule has 0 unspecified atom stereocenters. The summed E-state index contributed by atoms with van der Waals surface area (Å²) in [6.45, 7) is 5.11. The van der Waals surface area contributed by atoms with Gasteiger partial charge in [0.25, 0.3) is 0 Å². The highest BCUT2D eigenvalue weighted by Gasteiger charge is 1.93. The first-order valence-corrected chi connectivity index (χ1v) is 10.7. The predicted molar refractivity (Wildman–Crippen MR) is 120 cm³/mol. The molecule has 2 rings (SSSR count). The maximum atomic E-state index is 5.59. The van der Waals surface area contributed by atoms with E-state index in [0.717, 1.165) is 41.9 Å². The van der Waals surface area contributed by atoms with Gasteiger partial charge in [-0.2, -0.15) is 0 Å². The molecule has 2 aromatic carbocycles. The van der Waals surface area contributed by atoms with E-state index in [9.17, 15) is 0 Å². The second-order valence-electron chi connectivity index (χ2n) is 7.02. The number of unbranched alkanes of at least 4 members (excludes halogenated alkanes) is 6. The molecule has 0 N–H and O–H groups in total. The fourth-order valence-corrected chi connectivity index (χ4v) is 2.79. The molecule has 1 nitrogen and oxygen atoms in total. The first-order chi connectivity index (χ1) is 13.8. The Kier molecular flexibility index (Phi) is 10.5. The van der Waals surface area contributed by atoms with E-state index < -0.39 is 0 Å². The van der Waals surface area contributed by atoms with E-state index in [1.807, 2.05) is 36.4 Å². The van der Waals surface area contributed by atoms with Gasteiger partial charge in [0.2, 0.25) is 0 Å². The standard InChI is InChI=1S/C27H32O/c1-3-5-6-7-8-9-10-11-12-24-13-15-25(16-14-24)17-18-26-19-21-27(22-20-26)28-23-4-2/h13-16,19-22H,3-10,23H2,1-2H3. The molecule has 0 aromatic heterocycles. The average molecular weight is 373 g/mol. The summed E-state index contributed by atoms with van der Waals surface area (Å²) in [6.07, 6.45) is 9.89. The smallest absolute Gasteiger partial charge is 0.119 e. The Hall–Kier alpha value is -2.64. The normalized spacial score (nSPS) is 9.79. The van der Waals surface area contributed by atoms with Gasteiger partial charge in [0, 0.05) is 23.1 Å². The van der Waals surface area contributed by atoms with Crippen molar-refractivity contribution in [1.82, 2.24) is 0 Å². The number of hydrogen-bond donors (Lipinski definition) is 0. The molecule has 0 fully saturated rings. The average Bonchev–Trinajstić information content (AvgIpc) is 2.74. The summed E-state index contributed by atoms with van der Waals surface area (Å²) in [6, 6.07) is 16.1. The van der Waals surface area contributed by atoms with E-state index in [4.69, 9.17) is 4.74 Å². The quantitative estimate of drug-likeness (QED) is 0.341. The number of hydrogen-bond acceptors (Lipinski definition) is 1. The lowest BCUT2D eigenvalue weighted by Gasteiger charge is -2.03. The lowest BCUT2D eigenvalue weighted by Crippen LogP contribution is -1.94. The van der Waals surface area contributed by atoms with Crippen molar-refractivity contribution in [2.24, 2.45) is 0 Å². The van der Waals surface area contributed by atoms with Crippen LogP contribution in [0.4, 0.5) is 0 Å². The van der Waals surface area contributed by atoms with Crippen LogP contribution in [0, 0.1) is 23.7 Å². The summed E-state index contributed by atoms with van der Waals surface area (Å²) in [5, 5.41) is 0. The Morgan fingerprint density at radius 3 is 1.75 bits per heavy atom. The third kappa shape index (κ3) is 8.83. The van der Waals surface area contributed by atoms with E-state index in [-0.39, 0.29) is 0 Å². The zero-order valence-corrected chi connectivity index (χ0v) is 17.4. The first kappa shape index (κ1) is 21.7. The fraction of sp³-hybridized carbons (Fsp3) is 0.407. The van der Waals surface area contributed by atoms with Crippen LogP contribution in [-0.2, 0) is 0 Å². The molecule has 0 aliphatic rings. The van der Waals surface area contributed by atoms with Crippen LogP contribution in [0.5, 0.6) is 5.75 Å². The highest BCUT2D eigenvalue weighted by Crippen LogP contribution is 2.12. The van der Waals surface area contributed by atoms with Gasteiger partial charge in [-0.15, -0.1) is 0 Å². The Bertz CT molecular complexity index is 792. The van der Waals surface area contributed by atoms with Gasteiger partial charge in [-0.05, 0) is 61.4 Å². The molecule has 0 amide bonds. The van der Waals surface area contributed by atoms with Gasteiger partial charge < -0.3 is 4.74 Å². The van der Waals surface area contributed by atoms with Crippen molar-refractivity contribution in [1.29, 1.82) is 0 Å². The van der Waals surface area contributed by atoms with Crippen molar-refractivity contribution in [2.75, 3.05) is 6.61 Å². The Labute approximate surface area is 171 Å². The molecule has 146 valence electrons. The Morgan fingerprint density at radius 2 is 1.14 bits per heavy atom. The zero-order valence-electron chi connectivity index (χ0n) is 17.4. The maximum Gasteiger partial charge on any atom is 0.119 e. The molecule has 0 radical (unpaired) electrons. The number of ether oxygens (including phenoxy) is 1. The minimum absolute atomic E-state index is 0.749. The molecule has 28 heavy (non-hydrogen) atoms. The Balaban J connectivity index is 1.79. The van der Waals surface area contributed by atoms with Crippen LogP contribution in [0.25, 0.3) is 0 Å². The van der Waals surface area contributed by atoms with Gasteiger partial charge in [-0.25, -0.2) is 0 Å². The molecule has 1 heteroatoms. The third-order valence-corrected chi connectivity index (χ3v) is 4.45. The van der Waals surface area contributed by atoms with Crippen molar-refractivity contribution < 1.29 is 4.74 Å². The van der Waals surface area contributed by atoms with Gasteiger partial charge >= 0.3 is 0 Å². The summed E-state index contributed by atoms with van der Waals surface area (Å²) in [5.41, 5.74) is 3.06. The van der Waals surface area contributed by atoms with E-state index in [0.29, 0.717) is 0 Å². The van der Waals surface area contributed by atoms with E-state index >= 15 is 0 Å². The second kappa shape index (κ2) is 13.5. The van der Waals surface area contributed by atoms with Crippen LogP contribution < -0.4 is 4.74 Å². The molecule has 2 aromatic rings. The highest BCUT2D eigenvalue weighted by atomic mass is 16.5. The summed E-state index contributed by atoms with van der Waals surface area (Å²) in [4.78, 5) is 0. The largest absolute Gasteiger partial charge is 0.494 e. The van der Waals surface area contributed by atoms with Crippen LogP contribution in [0.2, 0.25) is 0 Å². The molecule has 0 aliphatic carbocycles. The van der Waals surface area contributed by atoms with E-state index in [1.165, 1.54) is 38.5 Å². The molecule has 0 saturated heterocycles. The van der Waals surface area contributed by atoms with Gasteiger partial charge in [0.1, 0.15) is 5.75 Å². The highest BCUT2D eigenvalue weighted by molar-refractivity contribution is 5.46. The topological polar surface area (TPSA) is 9.23 Å². The molecule has 0 saturated carbocycles. The lowest BCUT2D eigenvalue weighted by molar-refractivity contribution is 0.317. The maximum absolute atomic E-state index is 5.59. The van der Waals surface area contributed by atoms with Crippen molar-refractivity contribution in [2.45, 2.75) is 65.2 Å². The summed E-state index contributed by atoms with van der Waals surface area (Å²) in [5.74, 6) is 13.9. The van der Waals surface area contributed by atoms with E-state index in [2.05, 4.69) is 49.7 Å². The monoisotopic (exact) mass is 372 g/mol. The molecular weight excluding hydrogens is 340 g/mol. The molecule has 0 bridgehead atoms. The lowest BCUT2D eigenvalue weighted by atomic mass is 10.1. The summed E-state index contributed by atoms with van der Waals surface area (Å²) < 4.78 is 5.59. The van der Waals surface area contributed by atoms with Gasteiger partial charge in [-0.1, -0.05) is 69.6 Å². The van der Waals surface area contributed by atoms with Crippen LogP contribution in [0.15, 0.2) is 48.5 Å². The van der Waals surface area contributed by atoms with Gasteiger partial charge in [-0.3, -0.25) is 0 Å². The van der Waals surface area contributed by atoms with Crippen LogP contribution >= 0.6 is 0 Å². The fourth-order valence-electron chi connectivity index (χ4n) is 2.79. The minimum Gasteiger partial charge on any atom is -0.494 e. The molecular formula is C27H32O. The predicted octanol–water partition coefficient (Wildman–Crippen LogP) is 6.98. The van der Waals surface area contributed by atoms with Crippen LogP contribution in [0.3, 0.4) is 0 Å². The number of rotatable bonds is 9. The van der Waals surface area contributed by atoms with Gasteiger partial charge in [0.05, 0.1) is 6.61 Å². The SMILES string of the molecule is CCCCCCCCC#Cc1ccc(C#Cc2ccc(OCCC)cc2)cc1. The first-order valence-electron chi connectivity index (χ1n) is 10.7. The van der Waals surface area contributed by atoms with Crippen molar-refractivity contribution in [3.05, 3.63) is 65.2 Å². The zero-order chi connectivity index (χ0) is 19.9. The number of benzene rings is 2. The van der Waals surface area contributed by atoms with Crippen LogP contribution in [-0.4, -0.2) is 6.61 Å². The molecule has 0 spiro atoms. The van der Waals surface area contributed by atoms with Crippen molar-refractivity contribution in [3.63, 3.8) is 0 Å². The molecule has 0 heterocycles. The van der Waals surface area contributed by atoms with Crippen LogP contribution in [0.1, 0.15) is 81.9 Å². The van der Waals surface area contributed by atoms with Gasteiger partial charge in [0.15, 0.2) is 0 Å². The molecule has 0 aliphatic heterocycles. The minimum atomic E-state index is 0.749. The summed E-state index contributed by atoms with van der Waals surface area (Å²) in [7, 11) is 0. The van der Waals surface area contributed by atoms with Crippen molar-refractivity contribution >= 4 is 0 Å². The Morgan fingerprint density at radius 1 is 0.607 bits per heavy atom.